The number of pyridine rings is 1. The predicted molar refractivity (Wildman–Crippen MR) is 70.2 cm³/mol. The highest BCUT2D eigenvalue weighted by atomic mass is 16.8. The van der Waals surface area contributed by atoms with E-state index >= 15 is 0 Å². The van der Waals surface area contributed by atoms with Crippen molar-refractivity contribution >= 4 is 23.1 Å². The molecule has 21 heavy (non-hydrogen) atoms. The molecule has 2 unspecified atom stereocenters. The van der Waals surface area contributed by atoms with Crippen molar-refractivity contribution < 1.29 is 25.7 Å². The first-order chi connectivity index (χ1) is 9.97. The number of anilines is 1. The molecule has 0 saturated heterocycles. The molecular weight excluding hydrogens is 280 g/mol. The van der Waals surface area contributed by atoms with Crippen LogP contribution in [-0.4, -0.2) is 21.3 Å². The van der Waals surface area contributed by atoms with E-state index in [1.165, 1.54) is 6.20 Å². The zero-order valence-corrected chi connectivity index (χ0v) is 10.6. The second-order valence-corrected chi connectivity index (χ2v) is 4.08. The number of nitrogens with one attached hydrogen (secondary N) is 3. The highest BCUT2D eigenvalue weighted by molar-refractivity contribution is 6.04. The van der Waals surface area contributed by atoms with Gasteiger partial charge in [0.15, 0.2) is 11.4 Å². The highest BCUT2D eigenvalue weighted by Gasteiger charge is 2.15. The minimum Gasteiger partial charge on any atom is -0.595 e. The third-order valence-electron chi connectivity index (χ3n) is 2.60. The molecule has 2 rings (SSSR count). The number of carbonyl (C=O) groups is 1. The monoisotopic (exact) mass is 292 g/mol. The van der Waals surface area contributed by atoms with E-state index in [2.05, 4.69) is 10.3 Å². The summed E-state index contributed by atoms with van der Waals surface area (Å²) in [4.78, 5) is 15.9. The van der Waals surface area contributed by atoms with Crippen molar-refractivity contribution in [3.05, 3.63) is 58.6 Å². The Morgan fingerprint density at radius 1 is 1.10 bits per heavy atom. The largest absolute Gasteiger partial charge is 0.595 e. The summed E-state index contributed by atoms with van der Waals surface area (Å²) in [6.45, 7) is 0. The summed E-state index contributed by atoms with van der Waals surface area (Å²) in [7, 11) is 0. The van der Waals surface area contributed by atoms with E-state index in [1.807, 2.05) is 0 Å². The Morgan fingerprint density at radius 2 is 1.71 bits per heavy atom. The van der Waals surface area contributed by atoms with Crippen molar-refractivity contribution in [2.45, 2.75) is 0 Å². The molecule has 9 nitrogen and oxygen atoms in total. The third kappa shape index (κ3) is 3.79. The minimum absolute atomic E-state index is 0.0713. The molecule has 0 radical (unpaired) electrons. The van der Waals surface area contributed by atoms with E-state index in [-0.39, 0.29) is 22.8 Å². The molecule has 1 aromatic carbocycles. The first-order valence-electron chi connectivity index (χ1n) is 5.81. The zero-order valence-electron chi connectivity index (χ0n) is 10.6. The lowest BCUT2D eigenvalue weighted by atomic mass is 10.1. The summed E-state index contributed by atoms with van der Waals surface area (Å²) in [6.07, 6.45) is 1.48. The van der Waals surface area contributed by atoms with E-state index in [0.29, 0.717) is 0 Å². The van der Waals surface area contributed by atoms with Crippen LogP contribution in [0.3, 0.4) is 0 Å². The lowest BCUT2D eigenvalue weighted by molar-refractivity contribution is -0.996. The van der Waals surface area contributed by atoms with Gasteiger partial charge in [0.25, 0.3) is 5.91 Å². The molecule has 0 bridgehead atoms. The van der Waals surface area contributed by atoms with Gasteiger partial charge in [-0.15, -0.1) is 0 Å². The number of quaternary nitrogens is 2. The molecule has 0 spiro atoms. The van der Waals surface area contributed by atoms with Gasteiger partial charge in [0.1, 0.15) is 5.82 Å². The Bertz CT molecular complexity index is 607. The fraction of sp³-hybridized carbons (Fsp3) is 0. The van der Waals surface area contributed by atoms with Crippen molar-refractivity contribution in [3.63, 3.8) is 0 Å². The molecule has 9 heteroatoms. The third-order valence-corrected chi connectivity index (χ3v) is 2.60. The standard InChI is InChI=1S/C12H12N4O5/c17-12(14-11-3-1-2-4-13-11)8-5-9(15(18)19)7-10(6-8)16(20)21/h1-7,15-16,18,20H,(H,13,14,17). The van der Waals surface area contributed by atoms with Crippen molar-refractivity contribution in [3.8, 4) is 0 Å². The number of hydrogen-bond acceptors (Lipinski definition) is 6. The summed E-state index contributed by atoms with van der Waals surface area (Å²) < 4.78 is 0. The topological polar surface area (TPSA) is 137 Å². The molecule has 1 aromatic heterocycles. The average molecular weight is 292 g/mol. The molecule has 5 N–H and O–H groups in total. The van der Waals surface area contributed by atoms with Crippen LogP contribution in [0.4, 0.5) is 17.2 Å². The lowest BCUT2D eigenvalue weighted by Gasteiger charge is -2.17. The van der Waals surface area contributed by atoms with Gasteiger partial charge in [-0.2, -0.15) is 10.5 Å². The predicted octanol–water partition coefficient (Wildman–Crippen LogP) is -0.859. The number of benzene rings is 1. The van der Waals surface area contributed by atoms with Crippen LogP contribution >= 0.6 is 0 Å². The zero-order chi connectivity index (χ0) is 15.4. The number of nitrogens with zero attached hydrogens (tertiary/aromatic N) is 1. The normalized spacial score (nSPS) is 13.5. The second kappa shape index (κ2) is 6.37. The maximum atomic E-state index is 12.0. The molecule has 1 amide bonds. The smallest absolute Gasteiger partial charge is 0.257 e. The molecule has 0 fully saturated rings. The van der Waals surface area contributed by atoms with Gasteiger partial charge in [-0.3, -0.25) is 4.79 Å². The molecule has 0 aliphatic carbocycles. The van der Waals surface area contributed by atoms with Crippen LogP contribution in [0.2, 0.25) is 0 Å². The number of hydrogen-bond donors (Lipinski definition) is 5. The molecule has 2 atom stereocenters. The van der Waals surface area contributed by atoms with Gasteiger partial charge in [0.05, 0.1) is 11.6 Å². The van der Waals surface area contributed by atoms with Crippen molar-refractivity contribution in [1.29, 1.82) is 0 Å². The quantitative estimate of drug-likeness (QED) is 0.465. The van der Waals surface area contributed by atoms with Crippen LogP contribution < -0.4 is 15.8 Å². The number of rotatable bonds is 4. The Kier molecular flexibility index (Phi) is 4.55. The minimum atomic E-state index is -1.31. The highest BCUT2D eigenvalue weighted by Crippen LogP contribution is 2.14. The van der Waals surface area contributed by atoms with Crippen LogP contribution in [0, 0.1) is 10.4 Å². The lowest BCUT2D eigenvalue weighted by Crippen LogP contribution is -3.00. The van der Waals surface area contributed by atoms with E-state index in [1.54, 1.807) is 18.2 Å². The van der Waals surface area contributed by atoms with Crippen LogP contribution in [0.15, 0.2) is 42.6 Å². The summed E-state index contributed by atoms with van der Waals surface area (Å²) in [5.74, 6) is -0.362. The maximum Gasteiger partial charge on any atom is 0.257 e. The summed E-state index contributed by atoms with van der Waals surface area (Å²) in [5.41, 5.74) is -0.625. The Balaban J connectivity index is 2.31. The van der Waals surface area contributed by atoms with Gasteiger partial charge in [-0.05, 0) is 12.1 Å². The second-order valence-electron chi connectivity index (χ2n) is 4.08. The van der Waals surface area contributed by atoms with Crippen LogP contribution in [-0.2, 0) is 0 Å². The Morgan fingerprint density at radius 3 is 2.19 bits per heavy atom. The van der Waals surface area contributed by atoms with Gasteiger partial charge in [0, 0.05) is 18.3 Å². The van der Waals surface area contributed by atoms with Gasteiger partial charge in [0.2, 0.25) is 0 Å². The molecule has 110 valence electrons. The van der Waals surface area contributed by atoms with E-state index in [4.69, 9.17) is 10.4 Å². The fourth-order valence-electron chi connectivity index (χ4n) is 1.63. The van der Waals surface area contributed by atoms with E-state index < -0.39 is 16.4 Å². The van der Waals surface area contributed by atoms with Crippen LogP contribution in [0.5, 0.6) is 0 Å². The molecule has 2 aromatic rings. The van der Waals surface area contributed by atoms with Crippen molar-refractivity contribution in [2.75, 3.05) is 5.32 Å². The first kappa shape index (κ1) is 15.0. The van der Waals surface area contributed by atoms with Gasteiger partial charge in [-0.1, -0.05) is 6.07 Å². The Labute approximate surface area is 118 Å². The Hall–Kier alpha value is -2.40. The molecular formula is C12H12N4O5. The van der Waals surface area contributed by atoms with Crippen LogP contribution in [0.25, 0.3) is 0 Å². The number of amides is 1. The number of aromatic nitrogens is 1. The molecule has 0 aliphatic rings. The van der Waals surface area contributed by atoms with Crippen molar-refractivity contribution in [1.82, 2.24) is 4.98 Å². The van der Waals surface area contributed by atoms with Crippen molar-refractivity contribution in [2.24, 2.45) is 0 Å². The van der Waals surface area contributed by atoms with E-state index in [9.17, 15) is 15.2 Å². The summed E-state index contributed by atoms with van der Waals surface area (Å²) in [5, 5.41) is 39.7. The fourth-order valence-corrected chi connectivity index (χ4v) is 1.63. The van der Waals surface area contributed by atoms with E-state index in [0.717, 1.165) is 18.2 Å². The maximum absolute atomic E-state index is 12.0. The van der Waals surface area contributed by atoms with Gasteiger partial charge in [-0.25, -0.2) is 15.4 Å². The molecule has 1 heterocycles. The van der Waals surface area contributed by atoms with Gasteiger partial charge < -0.3 is 15.7 Å². The summed E-state index contributed by atoms with van der Waals surface area (Å²) in [6, 6.07) is 8.08. The van der Waals surface area contributed by atoms with Crippen LogP contribution in [0.1, 0.15) is 10.4 Å². The molecule has 0 aliphatic heterocycles. The number of carbonyl (C=O) groups excluding carboxylic acids is 1. The SMILES string of the molecule is O=C(Nc1ccccn1)c1cc([NH+]([O-])O)cc([NH+]([O-])O)c1. The average Bonchev–Trinajstić information content (AvgIpc) is 2.47. The molecule has 0 saturated carbocycles. The first-order valence-corrected chi connectivity index (χ1v) is 5.81. The van der Waals surface area contributed by atoms with Gasteiger partial charge >= 0.3 is 0 Å². The summed E-state index contributed by atoms with van der Waals surface area (Å²) >= 11 is 0.